The van der Waals surface area contributed by atoms with Crippen molar-refractivity contribution in [3.05, 3.63) is 63.7 Å². The fraction of sp³-hybridized carbons (Fsp3) is 0.350. The van der Waals surface area contributed by atoms with E-state index in [1.807, 2.05) is 30.1 Å². The molecule has 4 rings (SSSR count). The largest absolute Gasteiger partial charge is 0.368 e. The lowest BCUT2D eigenvalue weighted by molar-refractivity contribution is -0.384. The first kappa shape index (κ1) is 16.6. The third-order valence-electron chi connectivity index (χ3n) is 5.48. The number of nitro groups is 1. The van der Waals surface area contributed by atoms with E-state index in [0.717, 1.165) is 18.4 Å². The lowest BCUT2D eigenvalue weighted by Gasteiger charge is -2.27. The zero-order valence-electron chi connectivity index (χ0n) is 14.7. The van der Waals surface area contributed by atoms with Crippen molar-refractivity contribution in [3.8, 4) is 0 Å². The lowest BCUT2D eigenvalue weighted by atomic mass is 9.95. The smallest absolute Gasteiger partial charge is 0.292 e. The predicted molar refractivity (Wildman–Crippen MR) is 101 cm³/mol. The molecular weight excluding hydrogens is 330 g/mol. The number of anilines is 2. The van der Waals surface area contributed by atoms with E-state index in [4.69, 9.17) is 0 Å². The Morgan fingerprint density at radius 1 is 1.19 bits per heavy atom. The Balaban J connectivity index is 1.67. The van der Waals surface area contributed by atoms with Gasteiger partial charge >= 0.3 is 0 Å². The third kappa shape index (κ3) is 2.92. The molecule has 1 aliphatic carbocycles. The first-order valence-corrected chi connectivity index (χ1v) is 8.86. The maximum absolute atomic E-state index is 11.7. The van der Waals surface area contributed by atoms with Crippen LogP contribution in [0.3, 0.4) is 0 Å². The number of likely N-dealkylation sites (N-methyl/N-ethyl adjacent to an activating group) is 1. The van der Waals surface area contributed by atoms with E-state index in [1.54, 1.807) is 12.1 Å². The third-order valence-corrected chi connectivity index (χ3v) is 5.48. The number of amides is 1. The van der Waals surface area contributed by atoms with Crippen LogP contribution in [0.25, 0.3) is 0 Å². The summed E-state index contributed by atoms with van der Waals surface area (Å²) in [6.07, 6.45) is 3.07. The summed E-state index contributed by atoms with van der Waals surface area (Å²) >= 11 is 0. The molecule has 1 saturated carbocycles. The molecule has 2 aromatic carbocycles. The summed E-state index contributed by atoms with van der Waals surface area (Å²) in [4.78, 5) is 24.9. The number of hydrogen-bond donors (Lipinski definition) is 1. The molecular formula is C20H21N3O3. The summed E-state index contributed by atoms with van der Waals surface area (Å²) in [5.41, 5.74) is 3.52. The van der Waals surface area contributed by atoms with Crippen molar-refractivity contribution >= 4 is 23.0 Å². The Hall–Kier alpha value is -2.89. The number of fused-ring (bicyclic) bond motifs is 1. The molecule has 26 heavy (non-hydrogen) atoms. The zero-order chi connectivity index (χ0) is 18.3. The first-order valence-electron chi connectivity index (χ1n) is 8.86. The van der Waals surface area contributed by atoms with Crippen LogP contribution in [0.2, 0.25) is 0 Å². The van der Waals surface area contributed by atoms with Crippen molar-refractivity contribution in [2.24, 2.45) is 0 Å². The molecule has 6 nitrogen and oxygen atoms in total. The van der Waals surface area contributed by atoms with E-state index in [-0.39, 0.29) is 21.9 Å². The molecule has 2 aromatic rings. The van der Waals surface area contributed by atoms with Gasteiger partial charge in [0.2, 0.25) is 5.91 Å². The topological polar surface area (TPSA) is 75.5 Å². The van der Waals surface area contributed by atoms with Gasteiger partial charge in [-0.3, -0.25) is 14.9 Å². The number of carbonyl (C=O) groups excluding carboxylic acids is 1. The number of rotatable bonds is 5. The molecule has 1 amide bonds. The van der Waals surface area contributed by atoms with Crippen LogP contribution < -0.4 is 10.2 Å². The Labute approximate surface area is 152 Å². The highest BCUT2D eigenvalue weighted by atomic mass is 16.6. The van der Waals surface area contributed by atoms with Crippen LogP contribution in [-0.2, 0) is 16.6 Å². The molecule has 134 valence electrons. The van der Waals surface area contributed by atoms with E-state index in [2.05, 4.69) is 17.4 Å². The quantitative estimate of drug-likeness (QED) is 0.659. The highest BCUT2D eigenvalue weighted by Crippen LogP contribution is 2.49. The minimum absolute atomic E-state index is 0.0390. The lowest BCUT2D eigenvalue weighted by Crippen LogP contribution is -2.30. The summed E-state index contributed by atoms with van der Waals surface area (Å²) < 4.78 is 0. The summed E-state index contributed by atoms with van der Waals surface area (Å²) in [7, 11) is 1.89. The molecule has 1 fully saturated rings. The number of benzene rings is 2. The Morgan fingerprint density at radius 3 is 2.58 bits per heavy atom. The van der Waals surface area contributed by atoms with Crippen LogP contribution in [0.5, 0.6) is 0 Å². The normalized spacial score (nSPS) is 17.2. The van der Waals surface area contributed by atoms with Crippen LogP contribution in [0, 0.1) is 10.1 Å². The molecule has 0 aromatic heterocycles. The Kier molecular flexibility index (Phi) is 3.90. The molecule has 0 atom stereocenters. The van der Waals surface area contributed by atoms with Gasteiger partial charge in [-0.15, -0.1) is 0 Å². The standard InChI is InChI=1S/C20H21N3O3/c1-22(13-20(9-10-20)15-5-3-2-4-6-15)17-12-16-14(7-8-19(24)21-16)11-18(17)23(25)26/h2-6,11-12H,7-10,13H2,1H3,(H,21,24). The molecule has 1 aliphatic heterocycles. The molecule has 0 unspecified atom stereocenters. The molecule has 2 aliphatic rings. The minimum Gasteiger partial charge on any atom is -0.368 e. The second-order valence-corrected chi connectivity index (χ2v) is 7.31. The van der Waals surface area contributed by atoms with Crippen molar-refractivity contribution in [2.45, 2.75) is 31.1 Å². The van der Waals surface area contributed by atoms with Gasteiger partial charge in [-0.2, -0.15) is 0 Å². The SMILES string of the molecule is CN(CC1(c2ccccc2)CC1)c1cc2c(cc1[N+](=O)[O-])CCC(=O)N2. The molecule has 1 N–H and O–H groups in total. The van der Waals surface area contributed by atoms with Crippen molar-refractivity contribution in [3.63, 3.8) is 0 Å². The fourth-order valence-electron chi connectivity index (χ4n) is 3.88. The van der Waals surface area contributed by atoms with Gasteiger partial charge in [-0.1, -0.05) is 30.3 Å². The van der Waals surface area contributed by atoms with Gasteiger partial charge in [0.1, 0.15) is 5.69 Å². The van der Waals surface area contributed by atoms with E-state index in [9.17, 15) is 14.9 Å². The molecule has 0 radical (unpaired) electrons. The number of nitrogens with zero attached hydrogens (tertiary/aromatic N) is 2. The summed E-state index contributed by atoms with van der Waals surface area (Å²) in [5, 5.41) is 14.5. The summed E-state index contributed by atoms with van der Waals surface area (Å²) in [5.74, 6) is -0.0390. The molecule has 0 saturated heterocycles. The van der Waals surface area contributed by atoms with E-state index < -0.39 is 0 Å². The molecule has 6 heteroatoms. The van der Waals surface area contributed by atoms with Gasteiger partial charge in [-0.05, 0) is 36.5 Å². The number of hydrogen-bond acceptors (Lipinski definition) is 4. The van der Waals surface area contributed by atoms with Gasteiger partial charge < -0.3 is 10.2 Å². The van der Waals surface area contributed by atoms with Crippen molar-refractivity contribution in [1.82, 2.24) is 0 Å². The first-order chi connectivity index (χ1) is 12.5. The maximum atomic E-state index is 11.7. The molecule has 1 heterocycles. The second kappa shape index (κ2) is 6.12. The van der Waals surface area contributed by atoms with Crippen LogP contribution in [0.15, 0.2) is 42.5 Å². The van der Waals surface area contributed by atoms with E-state index in [0.29, 0.717) is 30.8 Å². The maximum Gasteiger partial charge on any atom is 0.292 e. The van der Waals surface area contributed by atoms with Crippen LogP contribution >= 0.6 is 0 Å². The van der Waals surface area contributed by atoms with Crippen LogP contribution in [0.4, 0.5) is 17.1 Å². The number of nitrogens with one attached hydrogen (secondary N) is 1. The van der Waals surface area contributed by atoms with Crippen molar-refractivity contribution in [1.29, 1.82) is 0 Å². The van der Waals surface area contributed by atoms with Gasteiger partial charge in [0.15, 0.2) is 0 Å². The number of aryl methyl sites for hydroxylation is 1. The van der Waals surface area contributed by atoms with Crippen molar-refractivity contribution < 1.29 is 9.72 Å². The molecule has 0 spiro atoms. The fourth-order valence-corrected chi connectivity index (χ4v) is 3.88. The number of carbonyl (C=O) groups is 1. The summed E-state index contributed by atoms with van der Waals surface area (Å²) in [6, 6.07) is 13.7. The van der Waals surface area contributed by atoms with Gasteiger partial charge in [-0.25, -0.2) is 0 Å². The Bertz CT molecular complexity index is 875. The Morgan fingerprint density at radius 2 is 1.92 bits per heavy atom. The van der Waals surface area contributed by atoms with E-state index in [1.165, 1.54) is 5.56 Å². The van der Waals surface area contributed by atoms with Gasteiger partial charge in [0.05, 0.1) is 4.92 Å². The zero-order valence-corrected chi connectivity index (χ0v) is 14.7. The highest BCUT2D eigenvalue weighted by Gasteiger charge is 2.45. The van der Waals surface area contributed by atoms with Crippen LogP contribution in [0.1, 0.15) is 30.4 Å². The van der Waals surface area contributed by atoms with Crippen LogP contribution in [-0.4, -0.2) is 24.4 Å². The highest BCUT2D eigenvalue weighted by molar-refractivity contribution is 5.95. The predicted octanol–water partition coefficient (Wildman–Crippen LogP) is 3.65. The summed E-state index contributed by atoms with van der Waals surface area (Å²) in [6.45, 7) is 0.713. The minimum atomic E-state index is -0.329. The second-order valence-electron chi connectivity index (χ2n) is 7.31. The average molecular weight is 351 g/mol. The monoisotopic (exact) mass is 351 g/mol. The number of nitro benzene ring substituents is 1. The van der Waals surface area contributed by atoms with Gasteiger partial charge in [0, 0.05) is 37.2 Å². The molecule has 0 bridgehead atoms. The van der Waals surface area contributed by atoms with Gasteiger partial charge in [0.25, 0.3) is 5.69 Å². The average Bonchev–Trinajstić information content (AvgIpc) is 3.42. The van der Waals surface area contributed by atoms with Crippen molar-refractivity contribution in [2.75, 3.05) is 23.8 Å². The van der Waals surface area contributed by atoms with E-state index >= 15 is 0 Å².